The maximum absolute atomic E-state index is 13.1. The zero-order valence-corrected chi connectivity index (χ0v) is 36.1. The summed E-state index contributed by atoms with van der Waals surface area (Å²) in [5, 5.41) is 10.9. The highest BCUT2D eigenvalue weighted by Gasteiger charge is 2.39. The van der Waals surface area contributed by atoms with Crippen molar-refractivity contribution in [2.45, 2.75) is 67.5 Å². The molecule has 19 nitrogen and oxygen atoms in total. The number of ether oxygens (including phenoxy) is 3. The van der Waals surface area contributed by atoms with Crippen LogP contribution in [0.15, 0.2) is 48.5 Å². The van der Waals surface area contributed by atoms with Crippen LogP contribution < -0.4 is 30.7 Å². The van der Waals surface area contributed by atoms with Crippen LogP contribution in [0.5, 0.6) is 11.5 Å². The summed E-state index contributed by atoms with van der Waals surface area (Å²) < 4.78 is 16.2. The molecule has 2 aromatic carbocycles. The lowest BCUT2D eigenvalue weighted by Crippen LogP contribution is -2.58. The summed E-state index contributed by atoms with van der Waals surface area (Å²) in [4.78, 5) is 105. The lowest BCUT2D eigenvalue weighted by Gasteiger charge is -2.36. The first-order chi connectivity index (χ1) is 28.7. The molecule has 0 spiro atoms. The number of carbonyl (C=O) groups excluding carboxylic acids is 8. The van der Waals surface area contributed by atoms with Gasteiger partial charge in [0.1, 0.15) is 11.5 Å². The number of carbonyl (C=O) groups is 8. The Morgan fingerprint density at radius 1 is 0.557 bits per heavy atom. The van der Waals surface area contributed by atoms with Crippen LogP contribution in [-0.4, -0.2) is 133 Å². The van der Waals surface area contributed by atoms with E-state index in [1.807, 2.05) is 41.5 Å². The van der Waals surface area contributed by atoms with E-state index in [2.05, 4.69) is 21.3 Å². The first kappa shape index (κ1) is 47.4. The molecule has 2 fully saturated rings. The predicted molar refractivity (Wildman–Crippen MR) is 221 cm³/mol. The molecule has 332 valence electrons. The van der Waals surface area contributed by atoms with Crippen molar-refractivity contribution in [3.63, 3.8) is 0 Å². The quantitative estimate of drug-likeness (QED) is 0.159. The summed E-state index contributed by atoms with van der Waals surface area (Å²) in [5.41, 5.74) is 0.454. The van der Waals surface area contributed by atoms with Gasteiger partial charge in [-0.3, -0.25) is 29.0 Å². The molecule has 0 saturated carbocycles. The molecule has 61 heavy (non-hydrogen) atoms. The predicted octanol–water partition coefficient (Wildman–Crippen LogP) is 3.56. The average molecular weight is 851 g/mol. The smallest absolute Gasteiger partial charge is 0.410 e. The first-order valence-corrected chi connectivity index (χ1v) is 20.3. The lowest BCUT2D eigenvalue weighted by molar-refractivity contribution is -0.153. The minimum Gasteiger partial charge on any atom is -0.410 e. The van der Waals surface area contributed by atoms with E-state index >= 15 is 0 Å². The molecule has 0 radical (unpaired) electrons. The van der Waals surface area contributed by atoms with Crippen LogP contribution in [-0.2, 0) is 23.9 Å². The molecule has 2 heterocycles. The van der Waals surface area contributed by atoms with Crippen molar-refractivity contribution in [1.29, 1.82) is 0 Å². The van der Waals surface area contributed by atoms with Gasteiger partial charge in [0.05, 0.1) is 25.3 Å². The molecule has 0 aromatic heterocycles. The largest absolute Gasteiger partial charge is 0.412 e. The van der Waals surface area contributed by atoms with Crippen molar-refractivity contribution in [2.24, 2.45) is 10.8 Å². The van der Waals surface area contributed by atoms with Gasteiger partial charge in [0.15, 0.2) is 0 Å². The number of nitrogens with zero attached hydrogens (tertiary/aromatic N) is 4. The summed E-state index contributed by atoms with van der Waals surface area (Å²) in [6, 6.07) is 10.7. The van der Waals surface area contributed by atoms with Crippen molar-refractivity contribution in [1.82, 2.24) is 40.9 Å². The fourth-order valence-corrected chi connectivity index (χ4v) is 6.64. The fourth-order valence-electron chi connectivity index (χ4n) is 6.64. The molecule has 2 aliphatic rings. The maximum Gasteiger partial charge on any atom is 0.412 e. The number of amides is 10. The van der Waals surface area contributed by atoms with E-state index in [1.165, 1.54) is 9.80 Å². The van der Waals surface area contributed by atoms with Crippen LogP contribution in [0.25, 0.3) is 0 Å². The first-order valence-electron chi connectivity index (χ1n) is 20.3. The van der Waals surface area contributed by atoms with Crippen molar-refractivity contribution < 1.29 is 52.6 Å². The number of rotatable bonds is 14. The van der Waals surface area contributed by atoms with Gasteiger partial charge >= 0.3 is 47.9 Å². The van der Waals surface area contributed by atoms with Crippen LogP contribution in [0, 0.1) is 10.8 Å². The van der Waals surface area contributed by atoms with Gasteiger partial charge in [-0.05, 0) is 60.1 Å². The Hall–Kier alpha value is -6.24. The molecule has 2 aromatic rings. The normalized spacial score (nSPS) is 15.9. The zero-order chi connectivity index (χ0) is 45.1. The molecule has 4 N–H and O–H groups in total. The van der Waals surface area contributed by atoms with Crippen LogP contribution in [0.1, 0.15) is 78.6 Å². The maximum atomic E-state index is 13.1. The van der Waals surface area contributed by atoms with Crippen molar-refractivity contribution >= 4 is 47.9 Å². The Morgan fingerprint density at radius 2 is 0.902 bits per heavy atom. The number of hydrogen-bond acceptors (Lipinski definition) is 11. The second-order valence-electron chi connectivity index (χ2n) is 16.6. The van der Waals surface area contributed by atoms with Gasteiger partial charge in [-0.15, -0.1) is 0 Å². The SMILES string of the molecule is CCN1CCN(C(=O)NC(c2ccc(OC(=O)NCCOCCNC(=O)Oc3ccc(C(NC(=O)N4CCN(CC)C(=O)C4=O)C(C)(C)C)cc3)cc2)C(C)(C)C)C(=O)C1=O. The summed E-state index contributed by atoms with van der Waals surface area (Å²) in [6.07, 6.45) is -1.43. The van der Waals surface area contributed by atoms with Gasteiger partial charge in [-0.25, -0.2) is 19.2 Å². The molecule has 2 saturated heterocycles. The minimum absolute atomic E-state index is 0.0960. The Bertz CT molecular complexity index is 1790. The highest BCUT2D eigenvalue weighted by Crippen LogP contribution is 2.35. The number of benzene rings is 2. The van der Waals surface area contributed by atoms with Gasteiger partial charge in [-0.1, -0.05) is 65.8 Å². The van der Waals surface area contributed by atoms with Crippen LogP contribution in [0.2, 0.25) is 0 Å². The molecule has 2 atom stereocenters. The van der Waals surface area contributed by atoms with Gasteiger partial charge in [-0.2, -0.15) is 0 Å². The van der Waals surface area contributed by atoms with E-state index in [-0.39, 0.29) is 64.0 Å². The fraction of sp³-hybridized carbons (Fsp3) is 0.524. The third-order valence-electron chi connectivity index (χ3n) is 10.0. The van der Waals surface area contributed by atoms with Crippen molar-refractivity contribution in [3.05, 3.63) is 59.7 Å². The number of hydrogen-bond donors (Lipinski definition) is 4. The second-order valence-corrected chi connectivity index (χ2v) is 16.6. The summed E-state index contributed by atoms with van der Waals surface area (Å²) in [6.45, 7) is 17.1. The van der Waals surface area contributed by atoms with E-state index in [1.54, 1.807) is 62.4 Å². The molecule has 0 aliphatic carbocycles. The molecule has 2 unspecified atom stereocenters. The monoisotopic (exact) mass is 850 g/mol. The Balaban J connectivity index is 1.15. The van der Waals surface area contributed by atoms with Crippen LogP contribution in [0.4, 0.5) is 19.2 Å². The Kier molecular flexibility index (Phi) is 16.2. The van der Waals surface area contributed by atoms with E-state index < -0.39 is 70.8 Å². The van der Waals surface area contributed by atoms with Gasteiger partial charge in [0.25, 0.3) is 0 Å². The lowest BCUT2D eigenvalue weighted by atomic mass is 9.82. The molecular weight excluding hydrogens is 793 g/mol. The average Bonchev–Trinajstić information content (AvgIpc) is 3.20. The number of nitrogens with one attached hydrogen (secondary N) is 4. The van der Waals surface area contributed by atoms with Crippen molar-refractivity contribution in [3.8, 4) is 11.5 Å². The van der Waals surface area contributed by atoms with E-state index in [4.69, 9.17) is 14.2 Å². The van der Waals surface area contributed by atoms with E-state index in [0.29, 0.717) is 24.2 Å². The summed E-state index contributed by atoms with van der Waals surface area (Å²) in [7, 11) is 0. The third-order valence-corrected chi connectivity index (χ3v) is 10.0. The topological polar surface area (TPSA) is 225 Å². The molecule has 4 rings (SSSR count). The highest BCUT2D eigenvalue weighted by molar-refractivity contribution is 6.38. The zero-order valence-electron chi connectivity index (χ0n) is 36.1. The van der Waals surface area contributed by atoms with Crippen LogP contribution >= 0.6 is 0 Å². The third kappa shape index (κ3) is 12.9. The number of piperazine rings is 2. The second kappa shape index (κ2) is 20.8. The van der Waals surface area contributed by atoms with Crippen LogP contribution in [0.3, 0.4) is 0 Å². The van der Waals surface area contributed by atoms with Gasteiger partial charge in [0, 0.05) is 52.4 Å². The molecular formula is C42H58N8O11. The molecule has 2 aliphatic heterocycles. The minimum atomic E-state index is -0.868. The molecule has 0 bridgehead atoms. The Labute approximate surface area is 355 Å². The van der Waals surface area contributed by atoms with Gasteiger partial charge < -0.3 is 45.3 Å². The number of urea groups is 2. The van der Waals surface area contributed by atoms with Crippen molar-refractivity contribution in [2.75, 3.05) is 65.6 Å². The van der Waals surface area contributed by atoms with E-state index in [9.17, 15) is 38.4 Å². The number of likely N-dealkylation sites (N-methyl/N-ethyl adjacent to an activating group) is 2. The number of imide groups is 2. The molecule has 19 heteroatoms. The summed E-state index contributed by atoms with van der Waals surface area (Å²) in [5.74, 6) is -2.65. The highest BCUT2D eigenvalue weighted by atomic mass is 16.6. The van der Waals surface area contributed by atoms with Gasteiger partial charge in [0.2, 0.25) is 0 Å². The van der Waals surface area contributed by atoms with E-state index in [0.717, 1.165) is 9.80 Å². The standard InChI is InChI=1S/C42H58N8O11/c1-9-47-21-23-49(35(53)33(47)51)37(55)45-31(41(3,4)5)27-11-15-29(16-12-27)60-39(57)43-19-25-59-26-20-44-40(58)61-30-17-13-28(14-18-30)32(42(6,7)8)46-38(56)50-24-22-48(10-2)34(52)36(50)54/h11-18,31-32H,9-10,19-26H2,1-8H3,(H,43,57)(H,44,58)(H,45,55)(H,46,56). The molecule has 10 amide bonds. The summed E-state index contributed by atoms with van der Waals surface area (Å²) >= 11 is 0. The Morgan fingerprint density at radius 3 is 1.21 bits per heavy atom.